The molecule has 2 unspecified atom stereocenters. The molecule has 0 saturated heterocycles. The summed E-state index contributed by atoms with van der Waals surface area (Å²) in [7, 11) is 0. The van der Waals surface area contributed by atoms with Crippen molar-refractivity contribution in [2.45, 2.75) is 284 Å². The van der Waals surface area contributed by atoms with Gasteiger partial charge in [0.2, 0.25) is 17.7 Å². The topological polar surface area (TPSA) is 87.3 Å². The molecule has 0 bridgehead atoms. The lowest BCUT2D eigenvalue weighted by Crippen LogP contribution is -2.45. The molecule has 0 aromatic heterocycles. The third-order valence-electron chi connectivity index (χ3n) is 13.6. The first kappa shape index (κ1) is 58.9. The van der Waals surface area contributed by atoms with Gasteiger partial charge in [0.1, 0.15) is 0 Å². The number of nitrogens with one attached hydrogen (secondary N) is 3. The van der Waals surface area contributed by atoms with Gasteiger partial charge in [0.25, 0.3) is 0 Å². The average Bonchev–Trinajstić information content (AvgIpc) is 3.29. The molecule has 2 atom stereocenters. The zero-order chi connectivity index (χ0) is 45.5. The second kappa shape index (κ2) is 46.4. The zero-order valence-corrected chi connectivity index (χ0v) is 42.4. The maximum atomic E-state index is 13.5. The van der Waals surface area contributed by atoms with Crippen molar-refractivity contribution >= 4 is 17.7 Å². The van der Waals surface area contributed by atoms with Gasteiger partial charge in [-0.1, -0.05) is 218 Å². The molecule has 1 fully saturated rings. The first-order valence-corrected chi connectivity index (χ1v) is 28.2. The molecule has 0 radical (unpaired) electrons. The van der Waals surface area contributed by atoms with Gasteiger partial charge in [0, 0.05) is 37.4 Å². The Labute approximate surface area is 392 Å². The van der Waals surface area contributed by atoms with Crippen LogP contribution in [0, 0.1) is 17.8 Å². The monoisotopic (exact) mass is 882 g/mol. The lowest BCUT2D eigenvalue weighted by atomic mass is 9.74. The van der Waals surface area contributed by atoms with Crippen molar-refractivity contribution in [3.05, 3.63) is 24.3 Å². The molecule has 0 aromatic rings. The molecule has 6 heteroatoms. The number of hydrogen-bond acceptors (Lipinski definition) is 3. The Morgan fingerprint density at radius 3 is 0.714 bits per heavy atom. The number of rotatable bonds is 46. The Bertz CT molecular complexity index is 1020. The van der Waals surface area contributed by atoms with Crippen LogP contribution in [0.1, 0.15) is 284 Å². The normalized spacial score (nSPS) is 16.6. The van der Waals surface area contributed by atoms with Crippen LogP contribution in [-0.4, -0.2) is 37.4 Å². The first-order chi connectivity index (χ1) is 31.0. The minimum absolute atomic E-state index is 0.0287. The maximum absolute atomic E-state index is 13.5. The summed E-state index contributed by atoms with van der Waals surface area (Å²) in [6.07, 6.45) is 59.4. The summed E-state index contributed by atoms with van der Waals surface area (Å²) in [6, 6.07) is 0. The fourth-order valence-electron chi connectivity index (χ4n) is 9.39. The van der Waals surface area contributed by atoms with E-state index in [-0.39, 0.29) is 35.5 Å². The minimum atomic E-state index is -0.290. The van der Waals surface area contributed by atoms with Crippen LogP contribution >= 0.6 is 0 Å². The Morgan fingerprint density at radius 1 is 0.302 bits per heavy atom. The summed E-state index contributed by atoms with van der Waals surface area (Å²) in [5.74, 6) is -0.779. The van der Waals surface area contributed by atoms with Crippen molar-refractivity contribution in [3.63, 3.8) is 0 Å². The van der Waals surface area contributed by atoms with Crippen LogP contribution in [0.15, 0.2) is 24.3 Å². The van der Waals surface area contributed by atoms with Gasteiger partial charge in [-0.05, 0) is 89.9 Å². The van der Waals surface area contributed by atoms with Crippen molar-refractivity contribution in [1.82, 2.24) is 16.0 Å². The molecule has 3 amide bonds. The van der Waals surface area contributed by atoms with Crippen molar-refractivity contribution in [3.8, 4) is 0 Å². The zero-order valence-electron chi connectivity index (χ0n) is 42.4. The second-order valence-electron chi connectivity index (χ2n) is 19.7. The number of unbranched alkanes of at least 4 members (excludes halogenated alkanes) is 33. The third-order valence-corrected chi connectivity index (χ3v) is 13.6. The van der Waals surface area contributed by atoms with E-state index in [9.17, 15) is 14.4 Å². The Balaban J connectivity index is 2.38. The highest BCUT2D eigenvalue weighted by atomic mass is 16.2. The average molecular weight is 883 g/mol. The smallest absolute Gasteiger partial charge is 0.223 e. The van der Waals surface area contributed by atoms with Crippen molar-refractivity contribution < 1.29 is 14.4 Å². The van der Waals surface area contributed by atoms with Crippen molar-refractivity contribution in [2.75, 3.05) is 19.6 Å². The predicted molar refractivity (Wildman–Crippen MR) is 274 cm³/mol. The summed E-state index contributed by atoms with van der Waals surface area (Å²) in [6.45, 7) is 8.86. The van der Waals surface area contributed by atoms with Gasteiger partial charge in [-0.25, -0.2) is 0 Å². The molecule has 0 aliphatic heterocycles. The lowest BCUT2D eigenvalue weighted by molar-refractivity contribution is -0.134. The standard InChI is InChI=1S/C57H107N3O3/c1-4-7-10-13-16-19-22-24-26-28-30-32-35-38-41-44-47-59-56(62)53-49-52(55(61)58-46-43-40-37-34-21-18-15-12-9-6-3)50-54(51-53)57(63)60-48-45-42-39-36-33-31-29-27-25-23-20-17-14-11-8-5-2/h24-27,52-54H,4-23,28-51H2,1-3H3,(H,58,61)(H,59,62)(H,60,63)/b26-24+,27-25+. The quantitative estimate of drug-likeness (QED) is 0.0420. The van der Waals surface area contributed by atoms with Crippen LogP contribution in [0.4, 0.5) is 0 Å². The molecule has 63 heavy (non-hydrogen) atoms. The van der Waals surface area contributed by atoms with Gasteiger partial charge in [-0.15, -0.1) is 0 Å². The number of carbonyl (C=O) groups excluding carboxylic acids is 3. The minimum Gasteiger partial charge on any atom is -0.356 e. The molecular formula is C57H107N3O3. The van der Waals surface area contributed by atoms with E-state index >= 15 is 0 Å². The van der Waals surface area contributed by atoms with E-state index in [4.69, 9.17) is 0 Å². The number of allylic oxidation sites excluding steroid dienone is 4. The van der Waals surface area contributed by atoms with E-state index in [0.29, 0.717) is 38.9 Å². The molecule has 368 valence electrons. The summed E-state index contributed by atoms with van der Waals surface area (Å²) >= 11 is 0. The van der Waals surface area contributed by atoms with Crippen molar-refractivity contribution in [1.29, 1.82) is 0 Å². The van der Waals surface area contributed by atoms with E-state index in [1.54, 1.807) is 0 Å². The maximum Gasteiger partial charge on any atom is 0.223 e. The molecule has 1 rings (SSSR count). The Kier molecular flexibility index (Phi) is 43.4. The lowest BCUT2D eigenvalue weighted by Gasteiger charge is -2.33. The summed E-state index contributed by atoms with van der Waals surface area (Å²) < 4.78 is 0. The van der Waals surface area contributed by atoms with Gasteiger partial charge < -0.3 is 16.0 Å². The fourth-order valence-corrected chi connectivity index (χ4v) is 9.39. The van der Waals surface area contributed by atoms with Crippen LogP contribution in [0.2, 0.25) is 0 Å². The van der Waals surface area contributed by atoms with E-state index < -0.39 is 0 Å². The molecule has 1 aliphatic rings. The van der Waals surface area contributed by atoms with E-state index in [2.05, 4.69) is 61.0 Å². The van der Waals surface area contributed by atoms with E-state index in [1.807, 2.05) is 0 Å². The SMILES string of the molecule is CCCCCCCC/C=C/CCCCCCCCNC(=O)C1CC(C(=O)NCCCCCCCC/C=C/CCCCCCCC)CC(C(=O)NCCCCCCCCCCCC)C1. The summed E-state index contributed by atoms with van der Waals surface area (Å²) in [5, 5.41) is 9.59. The highest BCUT2D eigenvalue weighted by Crippen LogP contribution is 2.34. The van der Waals surface area contributed by atoms with Crippen LogP contribution in [-0.2, 0) is 14.4 Å². The molecule has 3 N–H and O–H groups in total. The van der Waals surface area contributed by atoms with Crippen LogP contribution in [0.3, 0.4) is 0 Å². The predicted octanol–water partition coefficient (Wildman–Crippen LogP) is 16.4. The fraction of sp³-hybridized carbons (Fsp3) is 0.877. The van der Waals surface area contributed by atoms with Gasteiger partial charge in [0.05, 0.1) is 0 Å². The molecule has 6 nitrogen and oxygen atoms in total. The number of amides is 3. The molecular weight excluding hydrogens is 775 g/mol. The van der Waals surface area contributed by atoms with Crippen molar-refractivity contribution in [2.24, 2.45) is 17.8 Å². The van der Waals surface area contributed by atoms with Gasteiger partial charge in [-0.2, -0.15) is 0 Å². The number of hydrogen-bond donors (Lipinski definition) is 3. The summed E-state index contributed by atoms with van der Waals surface area (Å²) in [4.78, 5) is 40.5. The Hall–Kier alpha value is -2.11. The van der Waals surface area contributed by atoms with Gasteiger partial charge in [-0.3, -0.25) is 14.4 Å². The van der Waals surface area contributed by atoms with Gasteiger partial charge in [0.15, 0.2) is 0 Å². The Morgan fingerprint density at radius 2 is 0.492 bits per heavy atom. The molecule has 0 spiro atoms. The molecule has 1 aliphatic carbocycles. The summed E-state index contributed by atoms with van der Waals surface area (Å²) in [5.41, 5.74) is 0. The third kappa shape index (κ3) is 37.8. The second-order valence-corrected chi connectivity index (χ2v) is 19.7. The highest BCUT2D eigenvalue weighted by molar-refractivity contribution is 5.86. The van der Waals surface area contributed by atoms with Crippen LogP contribution < -0.4 is 16.0 Å². The molecule has 0 heterocycles. The first-order valence-electron chi connectivity index (χ1n) is 28.2. The highest BCUT2D eigenvalue weighted by Gasteiger charge is 2.38. The molecule has 0 aromatic carbocycles. The van der Waals surface area contributed by atoms with Gasteiger partial charge >= 0.3 is 0 Å². The van der Waals surface area contributed by atoms with Crippen LogP contribution in [0.5, 0.6) is 0 Å². The molecule has 1 saturated carbocycles. The van der Waals surface area contributed by atoms with E-state index in [0.717, 1.165) is 38.5 Å². The van der Waals surface area contributed by atoms with E-state index in [1.165, 1.54) is 205 Å². The largest absolute Gasteiger partial charge is 0.356 e. The number of carbonyl (C=O) groups is 3. The van der Waals surface area contributed by atoms with Crippen LogP contribution in [0.25, 0.3) is 0 Å².